The van der Waals surface area contributed by atoms with Gasteiger partial charge >= 0.3 is 0 Å². The van der Waals surface area contributed by atoms with Gasteiger partial charge in [-0.15, -0.1) is 11.8 Å². The fraction of sp³-hybridized carbons (Fsp3) is 0.167. The summed E-state index contributed by atoms with van der Waals surface area (Å²) >= 11 is 4.98. The molecule has 94 valence electrons. The lowest BCUT2D eigenvalue weighted by Crippen LogP contribution is -2.16. The normalized spacial score (nSPS) is 10.6. The fourth-order valence-electron chi connectivity index (χ4n) is 1.35. The van der Waals surface area contributed by atoms with Crippen LogP contribution in [0.15, 0.2) is 38.4 Å². The van der Waals surface area contributed by atoms with Crippen molar-refractivity contribution in [3.63, 3.8) is 0 Å². The molecule has 0 unspecified atom stereocenters. The molecule has 0 radical (unpaired) electrons. The quantitative estimate of drug-likeness (QED) is 0.851. The summed E-state index contributed by atoms with van der Waals surface area (Å²) in [5.74, 6) is 1.47. The van der Waals surface area contributed by atoms with Gasteiger partial charge in [0.05, 0.1) is 11.3 Å². The van der Waals surface area contributed by atoms with Crippen LogP contribution in [0.1, 0.15) is 11.4 Å². The Kier molecular flexibility index (Phi) is 4.08. The molecule has 0 bridgehead atoms. The molecule has 0 aliphatic rings. The first kappa shape index (κ1) is 13.2. The standard InChI is InChI=1S/C12H12BrN3OS/c1-7-11(14)15-10(16-12(7)17)6-18-9-4-2-8(13)3-5-9/h2-5H,6H2,1H3,(H3,14,15,16,17). The molecule has 1 aromatic carbocycles. The molecule has 6 heteroatoms. The third kappa shape index (κ3) is 3.14. The van der Waals surface area contributed by atoms with Crippen LogP contribution in [0.2, 0.25) is 0 Å². The van der Waals surface area contributed by atoms with E-state index in [9.17, 15) is 4.79 Å². The first-order valence-electron chi connectivity index (χ1n) is 5.30. The van der Waals surface area contributed by atoms with E-state index in [0.29, 0.717) is 23.0 Å². The Morgan fingerprint density at radius 2 is 2.06 bits per heavy atom. The van der Waals surface area contributed by atoms with Crippen LogP contribution in [-0.2, 0) is 5.75 Å². The van der Waals surface area contributed by atoms with Gasteiger partial charge in [-0.25, -0.2) is 4.98 Å². The first-order valence-corrected chi connectivity index (χ1v) is 7.08. The van der Waals surface area contributed by atoms with Gasteiger partial charge in [0, 0.05) is 9.37 Å². The fourth-order valence-corrected chi connectivity index (χ4v) is 2.38. The lowest BCUT2D eigenvalue weighted by molar-refractivity contribution is 0.988. The molecule has 0 saturated carbocycles. The van der Waals surface area contributed by atoms with Crippen molar-refractivity contribution in [2.24, 2.45) is 0 Å². The van der Waals surface area contributed by atoms with Crippen LogP contribution < -0.4 is 11.3 Å². The van der Waals surface area contributed by atoms with Crippen molar-refractivity contribution in [2.75, 3.05) is 5.73 Å². The number of nitrogens with one attached hydrogen (secondary N) is 1. The molecular weight excluding hydrogens is 314 g/mol. The highest BCUT2D eigenvalue weighted by Crippen LogP contribution is 2.23. The largest absolute Gasteiger partial charge is 0.383 e. The van der Waals surface area contributed by atoms with E-state index in [1.807, 2.05) is 24.3 Å². The maximum absolute atomic E-state index is 11.5. The van der Waals surface area contributed by atoms with Gasteiger partial charge in [0.25, 0.3) is 5.56 Å². The van der Waals surface area contributed by atoms with Crippen LogP contribution in [0.4, 0.5) is 5.82 Å². The predicted molar refractivity (Wildman–Crippen MR) is 77.7 cm³/mol. The van der Waals surface area contributed by atoms with Gasteiger partial charge < -0.3 is 10.7 Å². The summed E-state index contributed by atoms with van der Waals surface area (Å²) in [6.07, 6.45) is 0. The SMILES string of the molecule is Cc1c(N)nc(CSc2ccc(Br)cc2)[nH]c1=O. The van der Waals surface area contributed by atoms with Gasteiger partial charge in [0.2, 0.25) is 0 Å². The van der Waals surface area contributed by atoms with Crippen molar-refractivity contribution in [2.45, 2.75) is 17.6 Å². The van der Waals surface area contributed by atoms with E-state index in [1.54, 1.807) is 18.7 Å². The molecule has 2 aromatic rings. The molecule has 0 aliphatic carbocycles. The van der Waals surface area contributed by atoms with Crippen LogP contribution in [-0.4, -0.2) is 9.97 Å². The molecule has 0 saturated heterocycles. The highest BCUT2D eigenvalue weighted by atomic mass is 79.9. The van der Waals surface area contributed by atoms with E-state index in [-0.39, 0.29) is 5.56 Å². The number of hydrogen-bond donors (Lipinski definition) is 2. The molecular formula is C12H12BrN3OS. The van der Waals surface area contributed by atoms with Crippen LogP contribution in [0, 0.1) is 6.92 Å². The second-order valence-electron chi connectivity index (χ2n) is 3.77. The molecule has 1 aromatic heterocycles. The zero-order valence-corrected chi connectivity index (χ0v) is 12.1. The van der Waals surface area contributed by atoms with E-state index in [1.165, 1.54) is 0 Å². The van der Waals surface area contributed by atoms with E-state index in [2.05, 4.69) is 25.9 Å². The Labute approximate surface area is 117 Å². The number of nitrogens with two attached hydrogens (primary N) is 1. The minimum absolute atomic E-state index is 0.172. The number of nitrogen functional groups attached to an aromatic ring is 1. The predicted octanol–water partition coefficient (Wildman–Crippen LogP) is 2.72. The third-order valence-electron chi connectivity index (χ3n) is 2.43. The van der Waals surface area contributed by atoms with E-state index in [4.69, 9.17) is 5.73 Å². The zero-order valence-electron chi connectivity index (χ0n) is 9.74. The number of rotatable bonds is 3. The van der Waals surface area contributed by atoms with Crippen LogP contribution in [0.25, 0.3) is 0 Å². The third-order valence-corrected chi connectivity index (χ3v) is 3.98. The summed E-state index contributed by atoms with van der Waals surface area (Å²) in [6, 6.07) is 7.96. The molecule has 0 atom stereocenters. The minimum Gasteiger partial charge on any atom is -0.383 e. The number of halogens is 1. The molecule has 0 spiro atoms. The number of benzene rings is 1. The highest BCUT2D eigenvalue weighted by molar-refractivity contribution is 9.10. The molecule has 2 rings (SSSR count). The van der Waals surface area contributed by atoms with E-state index in [0.717, 1.165) is 9.37 Å². The molecule has 18 heavy (non-hydrogen) atoms. The van der Waals surface area contributed by atoms with Crippen molar-refractivity contribution >= 4 is 33.5 Å². The Bertz CT molecular complexity index is 610. The van der Waals surface area contributed by atoms with Crippen molar-refractivity contribution in [3.8, 4) is 0 Å². The van der Waals surface area contributed by atoms with Gasteiger partial charge in [-0.1, -0.05) is 15.9 Å². The van der Waals surface area contributed by atoms with Crippen molar-refractivity contribution in [1.82, 2.24) is 9.97 Å². The van der Waals surface area contributed by atoms with Gasteiger partial charge in [-0.05, 0) is 31.2 Å². The number of aromatic nitrogens is 2. The maximum Gasteiger partial charge on any atom is 0.255 e. The summed E-state index contributed by atoms with van der Waals surface area (Å²) in [4.78, 5) is 19.5. The smallest absolute Gasteiger partial charge is 0.255 e. The zero-order chi connectivity index (χ0) is 13.1. The van der Waals surface area contributed by atoms with Crippen molar-refractivity contribution < 1.29 is 0 Å². The first-order chi connectivity index (χ1) is 8.56. The van der Waals surface area contributed by atoms with Crippen molar-refractivity contribution in [3.05, 3.63) is 50.5 Å². The molecule has 0 fully saturated rings. The summed E-state index contributed by atoms with van der Waals surface area (Å²) in [6.45, 7) is 1.66. The van der Waals surface area contributed by atoms with Crippen molar-refractivity contribution in [1.29, 1.82) is 0 Å². The lowest BCUT2D eigenvalue weighted by atomic mass is 10.3. The van der Waals surface area contributed by atoms with Crippen LogP contribution in [0.3, 0.4) is 0 Å². The number of anilines is 1. The van der Waals surface area contributed by atoms with E-state index >= 15 is 0 Å². The minimum atomic E-state index is -0.172. The average molecular weight is 326 g/mol. The Morgan fingerprint density at radius 1 is 1.39 bits per heavy atom. The molecule has 3 N–H and O–H groups in total. The second-order valence-corrected chi connectivity index (χ2v) is 5.73. The molecule has 0 aliphatic heterocycles. The van der Waals surface area contributed by atoms with Gasteiger partial charge in [0.1, 0.15) is 11.6 Å². The monoisotopic (exact) mass is 325 g/mol. The number of hydrogen-bond acceptors (Lipinski definition) is 4. The maximum atomic E-state index is 11.5. The highest BCUT2D eigenvalue weighted by Gasteiger charge is 2.04. The molecule has 0 amide bonds. The summed E-state index contributed by atoms with van der Waals surface area (Å²) in [5.41, 5.74) is 5.96. The van der Waals surface area contributed by atoms with Gasteiger partial charge in [0.15, 0.2) is 0 Å². The Balaban J connectivity index is 2.11. The summed E-state index contributed by atoms with van der Waals surface area (Å²) in [7, 11) is 0. The van der Waals surface area contributed by atoms with Crippen LogP contribution in [0.5, 0.6) is 0 Å². The van der Waals surface area contributed by atoms with Gasteiger partial charge in [-0.3, -0.25) is 4.79 Å². The number of nitrogens with zero attached hydrogens (tertiary/aromatic N) is 1. The second kappa shape index (κ2) is 5.58. The van der Waals surface area contributed by atoms with Crippen LogP contribution >= 0.6 is 27.7 Å². The molecule has 1 heterocycles. The number of aromatic amines is 1. The lowest BCUT2D eigenvalue weighted by Gasteiger charge is -2.04. The summed E-state index contributed by atoms with van der Waals surface area (Å²) < 4.78 is 1.04. The number of thioether (sulfide) groups is 1. The molecule has 4 nitrogen and oxygen atoms in total. The topological polar surface area (TPSA) is 71.8 Å². The van der Waals surface area contributed by atoms with Gasteiger partial charge in [-0.2, -0.15) is 0 Å². The average Bonchev–Trinajstić information content (AvgIpc) is 2.35. The summed E-state index contributed by atoms with van der Waals surface area (Å²) in [5, 5.41) is 0. The Morgan fingerprint density at radius 3 is 2.67 bits per heavy atom. The Hall–Kier alpha value is -1.27. The van der Waals surface area contributed by atoms with E-state index < -0.39 is 0 Å². The number of H-pyrrole nitrogens is 1.